The smallest absolute Gasteiger partial charge is 0.233 e. The third-order valence-corrected chi connectivity index (χ3v) is 5.31. The fourth-order valence-electron chi connectivity index (χ4n) is 2.41. The Morgan fingerprint density at radius 1 is 1.38 bits per heavy atom. The van der Waals surface area contributed by atoms with Gasteiger partial charge in [0.1, 0.15) is 5.37 Å². The van der Waals surface area contributed by atoms with Crippen LogP contribution in [0.5, 0.6) is 0 Å². The van der Waals surface area contributed by atoms with E-state index in [0.29, 0.717) is 10.8 Å². The standard InChI is InChI=1S/C16H22ClNO2S/c1-16(2,11-19)8-3-9-18-14(20)10-21-15(18)12-4-6-13(17)7-5-12/h4-7,15,19H,3,8-11H2,1-2H3. The zero-order chi connectivity index (χ0) is 15.5. The number of hydrogen-bond acceptors (Lipinski definition) is 3. The van der Waals surface area contributed by atoms with E-state index in [2.05, 4.69) is 0 Å². The fraction of sp³-hybridized carbons (Fsp3) is 0.562. The summed E-state index contributed by atoms with van der Waals surface area (Å²) >= 11 is 7.59. The number of halogens is 1. The van der Waals surface area contributed by atoms with Crippen LogP contribution in [-0.4, -0.2) is 34.8 Å². The van der Waals surface area contributed by atoms with E-state index in [4.69, 9.17) is 11.6 Å². The van der Waals surface area contributed by atoms with E-state index in [1.54, 1.807) is 11.8 Å². The number of aliphatic hydroxyl groups excluding tert-OH is 1. The predicted octanol–water partition coefficient (Wildman–Crippen LogP) is 3.71. The van der Waals surface area contributed by atoms with Gasteiger partial charge in [0.15, 0.2) is 0 Å². The van der Waals surface area contributed by atoms with Crippen LogP contribution in [0.1, 0.15) is 37.6 Å². The molecular weight excluding hydrogens is 306 g/mol. The molecule has 1 unspecified atom stereocenters. The summed E-state index contributed by atoms with van der Waals surface area (Å²) in [6.07, 6.45) is 1.81. The molecule has 1 aliphatic rings. The van der Waals surface area contributed by atoms with Crippen molar-refractivity contribution in [1.82, 2.24) is 4.90 Å². The molecule has 1 N–H and O–H groups in total. The Kier molecular flexibility index (Phi) is 5.58. The number of rotatable bonds is 6. The first-order chi connectivity index (χ1) is 9.93. The van der Waals surface area contributed by atoms with E-state index >= 15 is 0 Å². The van der Waals surface area contributed by atoms with Gasteiger partial charge in [0, 0.05) is 18.2 Å². The highest BCUT2D eigenvalue weighted by molar-refractivity contribution is 8.00. The number of hydrogen-bond donors (Lipinski definition) is 1. The highest BCUT2D eigenvalue weighted by atomic mass is 35.5. The van der Waals surface area contributed by atoms with Crippen molar-refractivity contribution in [3.8, 4) is 0 Å². The fourth-order valence-corrected chi connectivity index (χ4v) is 3.75. The SMILES string of the molecule is CC(C)(CO)CCCN1C(=O)CSC1c1ccc(Cl)cc1. The third kappa shape index (κ3) is 4.38. The van der Waals surface area contributed by atoms with Crippen LogP contribution in [0.4, 0.5) is 0 Å². The maximum absolute atomic E-state index is 12.1. The molecule has 1 fully saturated rings. The lowest BCUT2D eigenvalue weighted by molar-refractivity contribution is -0.128. The summed E-state index contributed by atoms with van der Waals surface area (Å²) in [7, 11) is 0. The Morgan fingerprint density at radius 2 is 2.05 bits per heavy atom. The van der Waals surface area contributed by atoms with Crippen molar-refractivity contribution in [1.29, 1.82) is 0 Å². The molecule has 1 aromatic carbocycles. The maximum Gasteiger partial charge on any atom is 0.233 e. The van der Waals surface area contributed by atoms with Gasteiger partial charge in [0.25, 0.3) is 0 Å². The maximum atomic E-state index is 12.1. The normalized spacial score (nSPS) is 19.3. The Bertz CT molecular complexity index is 490. The van der Waals surface area contributed by atoms with Crippen molar-refractivity contribution in [3.05, 3.63) is 34.9 Å². The van der Waals surface area contributed by atoms with Crippen LogP contribution in [0.3, 0.4) is 0 Å². The van der Waals surface area contributed by atoms with Crippen LogP contribution in [0.2, 0.25) is 5.02 Å². The number of aliphatic hydroxyl groups is 1. The minimum atomic E-state index is -0.0777. The van der Waals surface area contributed by atoms with Gasteiger partial charge in [-0.2, -0.15) is 0 Å². The first kappa shape index (κ1) is 16.7. The topological polar surface area (TPSA) is 40.5 Å². The van der Waals surface area contributed by atoms with Crippen LogP contribution >= 0.6 is 23.4 Å². The van der Waals surface area contributed by atoms with Crippen LogP contribution in [0, 0.1) is 5.41 Å². The van der Waals surface area contributed by atoms with E-state index in [0.717, 1.165) is 24.9 Å². The Labute approximate surface area is 135 Å². The average Bonchev–Trinajstić information content (AvgIpc) is 2.81. The van der Waals surface area contributed by atoms with Gasteiger partial charge < -0.3 is 10.0 Å². The quantitative estimate of drug-likeness (QED) is 0.865. The van der Waals surface area contributed by atoms with E-state index in [1.165, 1.54) is 0 Å². The second kappa shape index (κ2) is 7.03. The van der Waals surface area contributed by atoms with Crippen molar-refractivity contribution in [3.63, 3.8) is 0 Å². The molecule has 21 heavy (non-hydrogen) atoms. The lowest BCUT2D eigenvalue weighted by Gasteiger charge is -2.27. The largest absolute Gasteiger partial charge is 0.396 e. The monoisotopic (exact) mass is 327 g/mol. The molecule has 1 saturated heterocycles. The third-order valence-electron chi connectivity index (χ3n) is 3.80. The van der Waals surface area contributed by atoms with Gasteiger partial charge in [-0.15, -0.1) is 11.8 Å². The number of carbonyl (C=O) groups excluding carboxylic acids is 1. The summed E-state index contributed by atoms with van der Waals surface area (Å²) in [6.45, 7) is 5.01. The molecule has 1 aromatic rings. The molecule has 0 saturated carbocycles. The van der Waals surface area contributed by atoms with Gasteiger partial charge in [0.2, 0.25) is 5.91 Å². The van der Waals surface area contributed by atoms with E-state index in [-0.39, 0.29) is 23.3 Å². The Balaban J connectivity index is 1.99. The number of benzene rings is 1. The number of thioether (sulfide) groups is 1. The van der Waals surface area contributed by atoms with Gasteiger partial charge >= 0.3 is 0 Å². The minimum absolute atomic E-state index is 0.0777. The number of carbonyl (C=O) groups is 1. The predicted molar refractivity (Wildman–Crippen MR) is 88.5 cm³/mol. The zero-order valence-corrected chi connectivity index (χ0v) is 14.1. The van der Waals surface area contributed by atoms with E-state index in [1.807, 2.05) is 43.0 Å². The summed E-state index contributed by atoms with van der Waals surface area (Å²) in [5.41, 5.74) is 1.04. The van der Waals surface area contributed by atoms with Crippen molar-refractivity contribution >= 4 is 29.3 Å². The zero-order valence-electron chi connectivity index (χ0n) is 12.5. The first-order valence-electron chi connectivity index (χ1n) is 7.20. The average molecular weight is 328 g/mol. The van der Waals surface area contributed by atoms with E-state index < -0.39 is 0 Å². The lowest BCUT2D eigenvalue weighted by atomic mass is 9.89. The molecule has 0 spiro atoms. The molecule has 0 aromatic heterocycles. The molecule has 116 valence electrons. The molecule has 1 atom stereocenters. The van der Waals surface area contributed by atoms with Crippen LogP contribution in [-0.2, 0) is 4.79 Å². The molecule has 2 rings (SSSR count). The minimum Gasteiger partial charge on any atom is -0.396 e. The summed E-state index contributed by atoms with van der Waals surface area (Å²) < 4.78 is 0. The molecular formula is C16H22ClNO2S. The van der Waals surface area contributed by atoms with Crippen molar-refractivity contribution in [2.75, 3.05) is 18.9 Å². The Hall–Kier alpha value is -0.710. The van der Waals surface area contributed by atoms with Crippen molar-refractivity contribution in [2.24, 2.45) is 5.41 Å². The molecule has 1 aliphatic heterocycles. The van der Waals surface area contributed by atoms with Gasteiger partial charge in [0.05, 0.1) is 5.75 Å². The molecule has 5 heteroatoms. The Morgan fingerprint density at radius 3 is 2.67 bits per heavy atom. The van der Waals surface area contributed by atoms with Crippen LogP contribution < -0.4 is 0 Å². The summed E-state index contributed by atoms with van der Waals surface area (Å²) in [4.78, 5) is 14.0. The van der Waals surface area contributed by atoms with Crippen molar-refractivity contribution in [2.45, 2.75) is 32.1 Å². The molecule has 0 bridgehead atoms. The molecule has 1 heterocycles. The number of amides is 1. The van der Waals surface area contributed by atoms with Gasteiger partial charge in [-0.3, -0.25) is 4.79 Å². The van der Waals surface area contributed by atoms with Gasteiger partial charge in [-0.05, 0) is 36.0 Å². The highest BCUT2D eigenvalue weighted by Gasteiger charge is 2.32. The summed E-state index contributed by atoms with van der Waals surface area (Å²) in [6, 6.07) is 7.72. The molecule has 0 aliphatic carbocycles. The van der Waals surface area contributed by atoms with Crippen LogP contribution in [0.15, 0.2) is 24.3 Å². The second-order valence-electron chi connectivity index (χ2n) is 6.23. The molecule has 0 radical (unpaired) electrons. The van der Waals surface area contributed by atoms with Crippen molar-refractivity contribution < 1.29 is 9.90 Å². The summed E-state index contributed by atoms with van der Waals surface area (Å²) in [5.74, 6) is 0.734. The van der Waals surface area contributed by atoms with Gasteiger partial charge in [-0.1, -0.05) is 37.6 Å². The molecule has 1 amide bonds. The lowest BCUT2D eigenvalue weighted by Crippen LogP contribution is -2.30. The molecule has 3 nitrogen and oxygen atoms in total. The summed E-state index contributed by atoms with van der Waals surface area (Å²) in [5, 5.41) is 10.1. The second-order valence-corrected chi connectivity index (χ2v) is 7.73. The van der Waals surface area contributed by atoms with Crippen LogP contribution in [0.25, 0.3) is 0 Å². The number of nitrogens with zero attached hydrogens (tertiary/aromatic N) is 1. The van der Waals surface area contributed by atoms with Gasteiger partial charge in [-0.25, -0.2) is 0 Å². The van der Waals surface area contributed by atoms with E-state index in [9.17, 15) is 9.90 Å². The highest BCUT2D eigenvalue weighted by Crippen LogP contribution is 2.39. The first-order valence-corrected chi connectivity index (χ1v) is 8.63.